The number of hydrogen-bond donors (Lipinski definition) is 2. The van der Waals surface area contributed by atoms with Crippen LogP contribution in [0.15, 0.2) is 47.5 Å². The van der Waals surface area contributed by atoms with Crippen molar-refractivity contribution in [1.82, 2.24) is 15.0 Å². The summed E-state index contributed by atoms with van der Waals surface area (Å²) in [6.07, 6.45) is 2.61. The van der Waals surface area contributed by atoms with Crippen molar-refractivity contribution in [2.75, 3.05) is 42.7 Å². The topological polar surface area (TPSA) is 123 Å². The van der Waals surface area contributed by atoms with Gasteiger partial charge in [-0.25, -0.2) is 14.8 Å². The van der Waals surface area contributed by atoms with E-state index in [2.05, 4.69) is 15.3 Å². The number of ether oxygens (including phenoxy) is 2. The van der Waals surface area contributed by atoms with Crippen LogP contribution < -0.4 is 20.8 Å². The Morgan fingerprint density at radius 2 is 2.17 bits per heavy atom. The number of aryl methyl sites for hydroxylation is 1. The van der Waals surface area contributed by atoms with Crippen molar-refractivity contribution >= 4 is 46.2 Å². The van der Waals surface area contributed by atoms with E-state index in [1.54, 1.807) is 29.3 Å². The molecule has 35 heavy (non-hydrogen) atoms. The number of benzene rings is 1. The van der Waals surface area contributed by atoms with Gasteiger partial charge in [0.25, 0.3) is 0 Å². The fourth-order valence-corrected chi connectivity index (χ4v) is 5.06. The molecule has 4 heterocycles. The smallest absolute Gasteiger partial charge is 0.414 e. The van der Waals surface area contributed by atoms with Gasteiger partial charge in [-0.1, -0.05) is 0 Å². The molecule has 0 spiro atoms. The molecule has 3 aromatic rings. The highest BCUT2D eigenvalue weighted by Gasteiger charge is 2.33. The van der Waals surface area contributed by atoms with Crippen LogP contribution in [0, 0.1) is 0 Å². The van der Waals surface area contributed by atoms with E-state index in [9.17, 15) is 9.59 Å². The zero-order chi connectivity index (χ0) is 24.4. The van der Waals surface area contributed by atoms with Crippen molar-refractivity contribution in [3.63, 3.8) is 0 Å². The molecule has 1 atom stereocenters. The quantitative estimate of drug-likeness (QED) is 0.359. The highest BCUT2D eigenvalue weighted by atomic mass is 32.2. The van der Waals surface area contributed by atoms with Crippen molar-refractivity contribution in [3.8, 4) is 5.88 Å². The SMILES string of the molecule is COc1ccc2nccc(CCCN(N)C[C@H]3CN(c4ccc5c(c4)NC(=O)CS5)C(=O)O3)c2n1. The van der Waals surface area contributed by atoms with Crippen LogP contribution in [-0.2, 0) is 16.0 Å². The zero-order valence-electron chi connectivity index (χ0n) is 19.3. The Morgan fingerprint density at radius 3 is 3.03 bits per heavy atom. The summed E-state index contributed by atoms with van der Waals surface area (Å²) in [5.74, 6) is 7.14. The molecule has 0 aliphatic carbocycles. The van der Waals surface area contributed by atoms with Gasteiger partial charge in [0.2, 0.25) is 11.8 Å². The summed E-state index contributed by atoms with van der Waals surface area (Å²) in [5, 5.41) is 4.54. The average molecular weight is 495 g/mol. The monoisotopic (exact) mass is 494 g/mol. The number of carbonyl (C=O) groups excluding carboxylic acids is 2. The Kier molecular flexibility index (Phi) is 6.71. The number of pyridine rings is 2. The molecule has 2 aromatic heterocycles. The minimum Gasteiger partial charge on any atom is -0.481 e. The number of thioether (sulfide) groups is 1. The number of methoxy groups -OCH3 is 1. The molecule has 0 radical (unpaired) electrons. The van der Waals surface area contributed by atoms with Gasteiger partial charge in [-0.15, -0.1) is 11.8 Å². The van der Waals surface area contributed by atoms with Gasteiger partial charge in [0.1, 0.15) is 6.10 Å². The van der Waals surface area contributed by atoms with Crippen LogP contribution in [-0.4, -0.2) is 65.6 Å². The molecule has 2 amide bonds. The minimum atomic E-state index is -0.415. The van der Waals surface area contributed by atoms with E-state index in [1.165, 1.54) is 11.8 Å². The molecule has 0 bridgehead atoms. The van der Waals surface area contributed by atoms with Gasteiger partial charge in [-0.2, -0.15) is 0 Å². The number of hydrogen-bond acceptors (Lipinski definition) is 9. The summed E-state index contributed by atoms with van der Waals surface area (Å²) < 4.78 is 10.8. The zero-order valence-corrected chi connectivity index (χ0v) is 20.1. The standard InChI is InChI=1S/C24H26N6O4S/c1-33-22-7-5-18-23(28-22)15(8-9-26-18)3-2-10-29(25)12-17-13-30(24(32)34-17)16-4-6-20-19(11-16)27-21(31)14-35-20/h4-9,11,17H,2-3,10,12-14,25H2,1H3,(H,27,31)/t17-/m0/s1. The van der Waals surface area contributed by atoms with E-state index in [4.69, 9.17) is 15.3 Å². The highest BCUT2D eigenvalue weighted by molar-refractivity contribution is 8.00. The van der Waals surface area contributed by atoms with Crippen molar-refractivity contribution in [1.29, 1.82) is 0 Å². The number of amides is 2. The molecule has 2 aliphatic heterocycles. The summed E-state index contributed by atoms with van der Waals surface area (Å²) in [4.78, 5) is 35.7. The molecule has 1 saturated heterocycles. The first-order valence-electron chi connectivity index (χ1n) is 11.3. The van der Waals surface area contributed by atoms with Crippen LogP contribution in [0.4, 0.5) is 16.2 Å². The highest BCUT2D eigenvalue weighted by Crippen LogP contribution is 2.35. The molecule has 3 N–H and O–H groups in total. The molecule has 5 rings (SSSR count). The van der Waals surface area contributed by atoms with Gasteiger partial charge >= 0.3 is 6.09 Å². The molecular weight excluding hydrogens is 468 g/mol. The summed E-state index contributed by atoms with van der Waals surface area (Å²) in [5.41, 5.74) is 4.14. The Morgan fingerprint density at radius 1 is 1.29 bits per heavy atom. The number of fused-ring (bicyclic) bond motifs is 2. The van der Waals surface area contributed by atoms with Crippen LogP contribution >= 0.6 is 11.8 Å². The first-order valence-corrected chi connectivity index (χ1v) is 12.3. The Hall–Kier alpha value is -3.41. The van der Waals surface area contributed by atoms with Crippen LogP contribution in [0.5, 0.6) is 5.88 Å². The average Bonchev–Trinajstić information content (AvgIpc) is 3.22. The van der Waals surface area contributed by atoms with E-state index in [0.717, 1.165) is 40.0 Å². The van der Waals surface area contributed by atoms with Gasteiger partial charge in [-0.05, 0) is 48.7 Å². The number of aromatic nitrogens is 2. The second-order valence-electron chi connectivity index (χ2n) is 8.42. The maximum Gasteiger partial charge on any atom is 0.414 e. The summed E-state index contributed by atoms with van der Waals surface area (Å²) in [7, 11) is 1.59. The lowest BCUT2D eigenvalue weighted by atomic mass is 10.1. The number of carbonyl (C=O) groups is 2. The molecule has 0 unspecified atom stereocenters. The fourth-order valence-electron chi connectivity index (χ4n) is 4.27. The number of nitrogens with zero attached hydrogens (tertiary/aromatic N) is 4. The van der Waals surface area contributed by atoms with E-state index < -0.39 is 6.09 Å². The number of nitrogens with one attached hydrogen (secondary N) is 1. The summed E-state index contributed by atoms with van der Waals surface area (Å²) in [6.45, 7) is 1.44. The lowest BCUT2D eigenvalue weighted by Crippen LogP contribution is -2.40. The number of nitrogens with two attached hydrogens (primary N) is 1. The second kappa shape index (κ2) is 10.1. The lowest BCUT2D eigenvalue weighted by molar-refractivity contribution is -0.113. The van der Waals surface area contributed by atoms with E-state index in [0.29, 0.717) is 37.0 Å². The molecule has 182 valence electrons. The Bertz CT molecular complexity index is 1270. The van der Waals surface area contributed by atoms with Gasteiger partial charge in [0.05, 0.1) is 42.7 Å². The van der Waals surface area contributed by atoms with Crippen molar-refractivity contribution in [2.24, 2.45) is 5.84 Å². The van der Waals surface area contributed by atoms with Crippen molar-refractivity contribution in [2.45, 2.75) is 23.8 Å². The van der Waals surface area contributed by atoms with Gasteiger partial charge < -0.3 is 14.8 Å². The normalized spacial score (nSPS) is 17.5. The molecule has 2 aliphatic rings. The Balaban J connectivity index is 1.15. The summed E-state index contributed by atoms with van der Waals surface area (Å²) >= 11 is 1.48. The van der Waals surface area contributed by atoms with Crippen molar-refractivity contribution < 1.29 is 19.1 Å². The predicted molar refractivity (Wildman–Crippen MR) is 134 cm³/mol. The number of cyclic esters (lactones) is 1. The van der Waals surface area contributed by atoms with Crippen LogP contribution in [0.1, 0.15) is 12.0 Å². The summed E-state index contributed by atoms with van der Waals surface area (Å²) in [6, 6.07) is 11.3. The third-order valence-electron chi connectivity index (χ3n) is 5.96. The van der Waals surface area contributed by atoms with E-state index in [-0.39, 0.29) is 12.0 Å². The number of rotatable bonds is 8. The number of hydrazine groups is 1. The Labute approximate surface area is 206 Å². The fraction of sp³-hybridized carbons (Fsp3) is 0.333. The second-order valence-corrected chi connectivity index (χ2v) is 9.44. The van der Waals surface area contributed by atoms with Gasteiger partial charge in [0.15, 0.2) is 0 Å². The van der Waals surface area contributed by atoms with Crippen LogP contribution in [0.2, 0.25) is 0 Å². The first-order chi connectivity index (χ1) is 17.0. The molecular formula is C24H26N6O4S. The van der Waals surface area contributed by atoms with Gasteiger partial charge in [-0.3, -0.25) is 20.5 Å². The molecule has 0 saturated carbocycles. The molecule has 1 aromatic carbocycles. The third-order valence-corrected chi connectivity index (χ3v) is 7.04. The minimum absolute atomic E-state index is 0.0463. The number of anilines is 2. The first kappa shape index (κ1) is 23.3. The predicted octanol–water partition coefficient (Wildman–Crippen LogP) is 2.82. The lowest BCUT2D eigenvalue weighted by Gasteiger charge is -2.21. The molecule has 10 nitrogen and oxygen atoms in total. The molecule has 11 heteroatoms. The van der Waals surface area contributed by atoms with E-state index >= 15 is 0 Å². The van der Waals surface area contributed by atoms with Crippen molar-refractivity contribution in [3.05, 3.63) is 48.2 Å². The maximum absolute atomic E-state index is 12.5. The van der Waals surface area contributed by atoms with E-state index in [1.807, 2.05) is 30.3 Å². The van der Waals surface area contributed by atoms with Crippen LogP contribution in [0.25, 0.3) is 11.0 Å². The maximum atomic E-state index is 12.5. The largest absolute Gasteiger partial charge is 0.481 e. The molecule has 1 fully saturated rings. The van der Waals surface area contributed by atoms with Gasteiger partial charge in [0, 0.05) is 29.4 Å². The van der Waals surface area contributed by atoms with Crippen LogP contribution in [0.3, 0.4) is 0 Å². The third kappa shape index (κ3) is 5.16.